The second-order valence-electron chi connectivity index (χ2n) is 5.48. The van der Waals surface area contributed by atoms with Crippen LogP contribution in [0.5, 0.6) is 0 Å². The van der Waals surface area contributed by atoms with Gasteiger partial charge in [-0.1, -0.05) is 32.9 Å². The highest BCUT2D eigenvalue weighted by Gasteiger charge is 2.19. The number of nitrogens with one attached hydrogen (secondary N) is 1. The monoisotopic (exact) mass is 267 g/mol. The zero-order valence-corrected chi connectivity index (χ0v) is 12.4. The molecule has 0 aliphatic heterocycles. The van der Waals surface area contributed by atoms with E-state index in [4.69, 9.17) is 4.74 Å². The Balaban J connectivity index is 2.75. The van der Waals surface area contributed by atoms with Crippen LogP contribution in [0.4, 0.5) is 4.39 Å². The van der Waals surface area contributed by atoms with Crippen molar-refractivity contribution < 1.29 is 9.13 Å². The molecule has 1 N–H and O–H groups in total. The van der Waals surface area contributed by atoms with Crippen molar-refractivity contribution in [1.29, 1.82) is 0 Å². The highest BCUT2D eigenvalue weighted by molar-refractivity contribution is 5.21. The van der Waals surface area contributed by atoms with Gasteiger partial charge in [0, 0.05) is 26.3 Å². The van der Waals surface area contributed by atoms with E-state index in [-0.39, 0.29) is 5.82 Å². The quantitative estimate of drug-likeness (QED) is 0.777. The molecule has 0 amide bonds. The molecule has 0 aliphatic rings. The fraction of sp³-hybridized carbons (Fsp3) is 0.625. The summed E-state index contributed by atoms with van der Waals surface area (Å²) in [6.45, 7) is 8.19. The molecular weight excluding hydrogens is 241 g/mol. The smallest absolute Gasteiger partial charge is 0.123 e. The molecular formula is C16H26FNO. The van der Waals surface area contributed by atoms with Crippen LogP contribution in [0.3, 0.4) is 0 Å². The van der Waals surface area contributed by atoms with E-state index in [0.29, 0.717) is 17.9 Å². The van der Waals surface area contributed by atoms with Crippen LogP contribution < -0.4 is 5.32 Å². The maximum atomic E-state index is 13.0. The van der Waals surface area contributed by atoms with Crippen LogP contribution in [0.25, 0.3) is 0 Å². The van der Waals surface area contributed by atoms with E-state index >= 15 is 0 Å². The molecule has 0 bridgehead atoms. The predicted octanol–water partition coefficient (Wildman–Crippen LogP) is 3.58. The van der Waals surface area contributed by atoms with Crippen LogP contribution in [0.15, 0.2) is 24.3 Å². The maximum Gasteiger partial charge on any atom is 0.123 e. The summed E-state index contributed by atoms with van der Waals surface area (Å²) in [5.74, 6) is 0.707. The first-order chi connectivity index (χ1) is 9.04. The summed E-state index contributed by atoms with van der Waals surface area (Å²) in [6.07, 6.45) is 1.01. The second-order valence-corrected chi connectivity index (χ2v) is 5.48. The number of benzene rings is 1. The summed E-state index contributed by atoms with van der Waals surface area (Å²) in [7, 11) is 1.73. The van der Waals surface area contributed by atoms with Gasteiger partial charge in [0.1, 0.15) is 5.82 Å². The van der Waals surface area contributed by atoms with Gasteiger partial charge in [0.2, 0.25) is 0 Å². The summed E-state index contributed by atoms with van der Waals surface area (Å²) in [5, 5.41) is 3.48. The summed E-state index contributed by atoms with van der Waals surface area (Å²) >= 11 is 0. The molecule has 0 spiro atoms. The fourth-order valence-electron chi connectivity index (χ4n) is 2.23. The van der Waals surface area contributed by atoms with Crippen LogP contribution in [0.1, 0.15) is 38.7 Å². The number of hydrogen-bond donors (Lipinski definition) is 1. The summed E-state index contributed by atoms with van der Waals surface area (Å²) < 4.78 is 18.2. The van der Waals surface area contributed by atoms with Crippen LogP contribution in [-0.4, -0.2) is 26.3 Å². The average Bonchev–Trinajstić information content (AvgIpc) is 2.38. The van der Waals surface area contributed by atoms with Crippen molar-refractivity contribution in [2.45, 2.75) is 39.2 Å². The van der Waals surface area contributed by atoms with Gasteiger partial charge >= 0.3 is 0 Å². The van der Waals surface area contributed by atoms with E-state index in [9.17, 15) is 4.39 Å². The van der Waals surface area contributed by atoms with Gasteiger partial charge in [-0.15, -0.1) is 0 Å². The first kappa shape index (κ1) is 16.1. The topological polar surface area (TPSA) is 21.3 Å². The molecule has 1 aromatic carbocycles. The van der Waals surface area contributed by atoms with E-state index in [1.165, 1.54) is 5.56 Å². The van der Waals surface area contributed by atoms with Crippen molar-refractivity contribution in [2.75, 3.05) is 20.3 Å². The van der Waals surface area contributed by atoms with Crippen LogP contribution >= 0.6 is 0 Å². The molecule has 2 atom stereocenters. The van der Waals surface area contributed by atoms with Gasteiger partial charge in [0.05, 0.1) is 0 Å². The Hall–Kier alpha value is -0.930. The Labute approximate surface area is 116 Å². The molecule has 19 heavy (non-hydrogen) atoms. The third kappa shape index (κ3) is 5.70. The molecule has 108 valence electrons. The van der Waals surface area contributed by atoms with E-state index in [2.05, 4.69) is 26.1 Å². The molecule has 0 saturated heterocycles. The van der Waals surface area contributed by atoms with E-state index in [0.717, 1.165) is 19.6 Å². The molecule has 0 radical (unpaired) electrons. The maximum absolute atomic E-state index is 13.0. The van der Waals surface area contributed by atoms with Crippen molar-refractivity contribution in [1.82, 2.24) is 5.32 Å². The van der Waals surface area contributed by atoms with Gasteiger partial charge in [-0.25, -0.2) is 4.39 Å². The molecule has 0 saturated carbocycles. The zero-order valence-electron chi connectivity index (χ0n) is 12.4. The summed E-state index contributed by atoms with van der Waals surface area (Å²) in [5.41, 5.74) is 1.19. The van der Waals surface area contributed by atoms with Gasteiger partial charge in [-0.2, -0.15) is 0 Å². The first-order valence-electron chi connectivity index (χ1n) is 7.02. The summed E-state index contributed by atoms with van der Waals surface area (Å²) in [4.78, 5) is 0. The molecule has 1 rings (SSSR count). The highest BCUT2D eigenvalue weighted by atomic mass is 19.1. The molecule has 0 aliphatic carbocycles. The molecule has 2 nitrogen and oxygen atoms in total. The molecule has 2 unspecified atom stereocenters. The van der Waals surface area contributed by atoms with Crippen molar-refractivity contribution >= 4 is 0 Å². The van der Waals surface area contributed by atoms with Gasteiger partial charge in [-0.3, -0.25) is 0 Å². The Morgan fingerprint density at radius 3 is 2.32 bits per heavy atom. The Morgan fingerprint density at radius 1 is 1.16 bits per heavy atom. The van der Waals surface area contributed by atoms with Crippen LogP contribution in [0, 0.1) is 11.7 Å². The fourth-order valence-corrected chi connectivity index (χ4v) is 2.23. The van der Waals surface area contributed by atoms with Crippen LogP contribution in [-0.2, 0) is 4.74 Å². The van der Waals surface area contributed by atoms with Crippen molar-refractivity contribution in [3.63, 3.8) is 0 Å². The highest BCUT2D eigenvalue weighted by Crippen LogP contribution is 2.27. The molecule has 0 heterocycles. The van der Waals surface area contributed by atoms with Crippen LogP contribution in [0.2, 0.25) is 0 Å². The lowest BCUT2D eigenvalue weighted by Gasteiger charge is -2.26. The normalized spacial score (nSPS) is 14.6. The van der Waals surface area contributed by atoms with E-state index in [1.54, 1.807) is 19.2 Å². The molecule has 0 fully saturated rings. The van der Waals surface area contributed by atoms with Crippen molar-refractivity contribution in [3.8, 4) is 0 Å². The third-order valence-electron chi connectivity index (χ3n) is 3.51. The Bertz CT molecular complexity index is 350. The average molecular weight is 267 g/mol. The van der Waals surface area contributed by atoms with E-state index in [1.807, 2.05) is 12.1 Å². The number of halogens is 1. The summed E-state index contributed by atoms with van der Waals surface area (Å²) in [6, 6.07) is 7.33. The largest absolute Gasteiger partial charge is 0.385 e. The number of hydrogen-bond acceptors (Lipinski definition) is 2. The van der Waals surface area contributed by atoms with Gasteiger partial charge in [0.15, 0.2) is 0 Å². The SMILES string of the molecule is COCCC(C)C(CNC(C)C)c1ccc(F)cc1. The Kier molecular flexibility index (Phi) is 7.03. The lowest BCUT2D eigenvalue weighted by molar-refractivity contribution is 0.173. The van der Waals surface area contributed by atoms with Gasteiger partial charge in [0.25, 0.3) is 0 Å². The minimum absolute atomic E-state index is 0.177. The number of methoxy groups -OCH3 is 1. The first-order valence-corrected chi connectivity index (χ1v) is 7.02. The number of ether oxygens (including phenoxy) is 1. The predicted molar refractivity (Wildman–Crippen MR) is 77.9 cm³/mol. The minimum atomic E-state index is -0.177. The van der Waals surface area contributed by atoms with Crippen molar-refractivity contribution in [3.05, 3.63) is 35.6 Å². The molecule has 0 aromatic heterocycles. The molecule has 1 aromatic rings. The number of rotatable bonds is 8. The lowest BCUT2D eigenvalue weighted by atomic mass is 9.85. The van der Waals surface area contributed by atoms with Gasteiger partial charge in [-0.05, 0) is 36.0 Å². The molecule has 3 heteroatoms. The second kappa shape index (κ2) is 8.28. The van der Waals surface area contributed by atoms with Gasteiger partial charge < -0.3 is 10.1 Å². The zero-order chi connectivity index (χ0) is 14.3. The Morgan fingerprint density at radius 2 is 1.79 bits per heavy atom. The van der Waals surface area contributed by atoms with E-state index < -0.39 is 0 Å². The standard InChI is InChI=1S/C16H26FNO/c1-12(2)18-11-16(13(3)9-10-19-4)14-5-7-15(17)8-6-14/h5-8,12-13,16,18H,9-11H2,1-4H3. The minimum Gasteiger partial charge on any atom is -0.385 e. The third-order valence-corrected chi connectivity index (χ3v) is 3.51. The lowest BCUT2D eigenvalue weighted by Crippen LogP contribution is -2.31. The van der Waals surface area contributed by atoms with Crippen molar-refractivity contribution in [2.24, 2.45) is 5.92 Å².